The van der Waals surface area contributed by atoms with E-state index in [1.54, 1.807) is 5.32 Å². The van der Waals surface area contributed by atoms with Gasteiger partial charge in [-0.15, -0.1) is 0 Å². The summed E-state index contributed by atoms with van der Waals surface area (Å²) in [6.45, 7) is 1.11. The molecule has 10 heteroatoms. The Labute approximate surface area is 149 Å². The van der Waals surface area contributed by atoms with Crippen molar-refractivity contribution in [2.45, 2.75) is 13.3 Å². The standard InChI is InChI=1S/C17H12F6N2O2/c1-8(25-27-7-6-9-2-4-10(18)5-3-9)17(26)24-16-14(22)12(20)11(19)13(21)15(16)23/h2-5H,6-7H2,1H3,(H,24,26)/b25-8-. The second-order valence-electron chi connectivity index (χ2n) is 5.29. The van der Waals surface area contributed by atoms with E-state index in [1.165, 1.54) is 24.3 Å². The fraction of sp³-hybridized carbons (Fsp3) is 0.176. The molecule has 0 radical (unpaired) electrons. The van der Waals surface area contributed by atoms with Crippen LogP contribution in [0.1, 0.15) is 12.5 Å². The summed E-state index contributed by atoms with van der Waals surface area (Å²) in [6, 6.07) is 5.54. The van der Waals surface area contributed by atoms with Crippen LogP contribution in [-0.2, 0) is 16.1 Å². The number of hydrogen-bond donors (Lipinski definition) is 1. The van der Waals surface area contributed by atoms with Gasteiger partial charge in [-0.2, -0.15) is 0 Å². The normalized spacial score (nSPS) is 11.4. The van der Waals surface area contributed by atoms with Gasteiger partial charge >= 0.3 is 0 Å². The number of nitrogens with one attached hydrogen (secondary N) is 1. The molecule has 0 saturated carbocycles. The minimum atomic E-state index is -2.34. The number of oxime groups is 1. The van der Waals surface area contributed by atoms with Crippen LogP contribution in [0.25, 0.3) is 0 Å². The number of nitrogens with zero attached hydrogens (tertiary/aromatic N) is 1. The maximum absolute atomic E-state index is 13.5. The van der Waals surface area contributed by atoms with Gasteiger partial charge in [-0.05, 0) is 24.6 Å². The van der Waals surface area contributed by atoms with Gasteiger partial charge in [0.2, 0.25) is 5.82 Å². The molecule has 2 aromatic rings. The molecule has 0 aromatic heterocycles. The Morgan fingerprint density at radius 1 is 0.926 bits per heavy atom. The Morgan fingerprint density at radius 3 is 2.00 bits per heavy atom. The lowest BCUT2D eigenvalue weighted by Gasteiger charge is -2.09. The van der Waals surface area contributed by atoms with Crippen molar-refractivity contribution in [1.82, 2.24) is 0 Å². The van der Waals surface area contributed by atoms with Crippen LogP contribution in [0.2, 0.25) is 0 Å². The molecule has 4 nitrogen and oxygen atoms in total. The van der Waals surface area contributed by atoms with Crippen LogP contribution in [0.15, 0.2) is 29.4 Å². The summed E-state index contributed by atoms with van der Waals surface area (Å²) >= 11 is 0. The molecule has 0 saturated heterocycles. The molecule has 0 aliphatic rings. The van der Waals surface area contributed by atoms with Crippen molar-refractivity contribution in [2.75, 3.05) is 11.9 Å². The Kier molecular flexibility index (Phi) is 6.43. The Bertz CT molecular complexity index is 855. The second kappa shape index (κ2) is 8.56. The van der Waals surface area contributed by atoms with E-state index in [-0.39, 0.29) is 6.61 Å². The number of halogens is 6. The summed E-state index contributed by atoms with van der Waals surface area (Å²) in [4.78, 5) is 16.6. The average molecular weight is 390 g/mol. The Morgan fingerprint density at radius 2 is 1.44 bits per heavy atom. The molecule has 0 aliphatic heterocycles. The van der Waals surface area contributed by atoms with E-state index in [1.807, 2.05) is 0 Å². The van der Waals surface area contributed by atoms with Crippen LogP contribution in [0, 0.1) is 34.9 Å². The predicted molar refractivity (Wildman–Crippen MR) is 84.0 cm³/mol. The molecule has 27 heavy (non-hydrogen) atoms. The molecule has 0 heterocycles. The number of rotatable bonds is 6. The molecule has 0 fully saturated rings. The fourth-order valence-corrected chi connectivity index (χ4v) is 1.92. The molecule has 1 N–H and O–H groups in total. The van der Waals surface area contributed by atoms with Gasteiger partial charge in [0, 0.05) is 6.42 Å². The van der Waals surface area contributed by atoms with Gasteiger partial charge < -0.3 is 10.2 Å². The van der Waals surface area contributed by atoms with Crippen molar-refractivity contribution in [3.05, 3.63) is 64.7 Å². The highest BCUT2D eigenvalue weighted by Gasteiger charge is 2.27. The van der Waals surface area contributed by atoms with Crippen LogP contribution < -0.4 is 5.32 Å². The van der Waals surface area contributed by atoms with Gasteiger partial charge in [-0.25, -0.2) is 26.3 Å². The zero-order chi connectivity index (χ0) is 20.1. The number of carbonyl (C=O) groups is 1. The quantitative estimate of drug-likeness (QED) is 0.202. The second-order valence-corrected chi connectivity index (χ2v) is 5.29. The lowest BCUT2D eigenvalue weighted by molar-refractivity contribution is -0.110. The maximum Gasteiger partial charge on any atom is 0.273 e. The summed E-state index contributed by atoms with van der Waals surface area (Å²) in [5, 5.41) is 4.96. The summed E-state index contributed by atoms with van der Waals surface area (Å²) in [6.07, 6.45) is 0.330. The van der Waals surface area contributed by atoms with E-state index in [0.717, 1.165) is 12.5 Å². The van der Waals surface area contributed by atoms with Crippen molar-refractivity contribution in [3.63, 3.8) is 0 Å². The van der Waals surface area contributed by atoms with E-state index in [2.05, 4.69) is 5.16 Å². The number of amides is 1. The molecule has 0 bridgehead atoms. The molecular formula is C17H12F6N2O2. The summed E-state index contributed by atoms with van der Waals surface area (Å²) < 4.78 is 78.9. The average Bonchev–Trinajstić information content (AvgIpc) is 2.66. The third-order valence-corrected chi connectivity index (χ3v) is 3.37. The van der Waals surface area contributed by atoms with E-state index in [9.17, 15) is 31.1 Å². The molecule has 1 amide bonds. The largest absolute Gasteiger partial charge is 0.395 e. The minimum Gasteiger partial charge on any atom is -0.395 e. The van der Waals surface area contributed by atoms with E-state index in [0.29, 0.717) is 6.42 Å². The highest BCUT2D eigenvalue weighted by Crippen LogP contribution is 2.27. The first-order valence-electron chi connectivity index (χ1n) is 7.46. The molecule has 0 atom stereocenters. The van der Waals surface area contributed by atoms with Crippen LogP contribution in [0.5, 0.6) is 0 Å². The smallest absolute Gasteiger partial charge is 0.273 e. The lowest BCUT2D eigenvalue weighted by atomic mass is 10.2. The summed E-state index contributed by atoms with van der Waals surface area (Å²) in [5.74, 6) is -12.7. The first-order chi connectivity index (χ1) is 12.7. The number of carbonyl (C=O) groups excluding carboxylic acids is 1. The van der Waals surface area contributed by atoms with Crippen LogP contribution in [0.3, 0.4) is 0 Å². The third kappa shape index (κ3) is 4.78. The van der Waals surface area contributed by atoms with Gasteiger partial charge in [0.15, 0.2) is 23.3 Å². The first kappa shape index (κ1) is 20.3. The minimum absolute atomic E-state index is 0.00121. The topological polar surface area (TPSA) is 50.7 Å². The molecule has 0 aliphatic carbocycles. The van der Waals surface area contributed by atoms with Gasteiger partial charge in [-0.3, -0.25) is 4.79 Å². The summed E-state index contributed by atoms with van der Waals surface area (Å²) in [7, 11) is 0. The highest BCUT2D eigenvalue weighted by molar-refractivity contribution is 6.42. The number of benzene rings is 2. The Hall–Kier alpha value is -3.04. The van der Waals surface area contributed by atoms with Crippen molar-refractivity contribution in [3.8, 4) is 0 Å². The van der Waals surface area contributed by atoms with Crippen molar-refractivity contribution in [2.24, 2.45) is 5.16 Å². The molecule has 0 unspecified atom stereocenters. The van der Waals surface area contributed by atoms with Crippen LogP contribution >= 0.6 is 0 Å². The summed E-state index contributed by atoms with van der Waals surface area (Å²) in [5.41, 5.74) is -1.18. The number of anilines is 1. The van der Waals surface area contributed by atoms with E-state index < -0.39 is 52.2 Å². The van der Waals surface area contributed by atoms with Crippen molar-refractivity contribution in [1.29, 1.82) is 0 Å². The fourth-order valence-electron chi connectivity index (χ4n) is 1.92. The lowest BCUT2D eigenvalue weighted by Crippen LogP contribution is -2.23. The van der Waals surface area contributed by atoms with Crippen molar-refractivity contribution >= 4 is 17.3 Å². The molecule has 2 aromatic carbocycles. The molecular weight excluding hydrogens is 378 g/mol. The van der Waals surface area contributed by atoms with Gasteiger partial charge in [0.1, 0.15) is 23.8 Å². The van der Waals surface area contributed by atoms with E-state index >= 15 is 0 Å². The monoisotopic (exact) mass is 390 g/mol. The molecule has 0 spiro atoms. The van der Waals surface area contributed by atoms with Crippen LogP contribution in [-0.4, -0.2) is 18.2 Å². The first-order valence-corrected chi connectivity index (χ1v) is 7.46. The maximum atomic E-state index is 13.5. The highest BCUT2D eigenvalue weighted by atomic mass is 19.2. The van der Waals surface area contributed by atoms with Gasteiger partial charge in [-0.1, -0.05) is 17.3 Å². The zero-order valence-corrected chi connectivity index (χ0v) is 13.8. The third-order valence-electron chi connectivity index (χ3n) is 3.37. The molecule has 2 rings (SSSR count). The van der Waals surface area contributed by atoms with Crippen LogP contribution in [0.4, 0.5) is 32.0 Å². The SMILES string of the molecule is C/C(=N/OCCc1ccc(F)cc1)C(=O)Nc1c(F)c(F)c(F)c(F)c1F. The predicted octanol–water partition coefficient (Wildman–Crippen LogP) is 4.09. The number of hydrogen-bond acceptors (Lipinski definition) is 3. The van der Waals surface area contributed by atoms with E-state index in [4.69, 9.17) is 4.84 Å². The zero-order valence-electron chi connectivity index (χ0n) is 13.8. The Balaban J connectivity index is 1.99. The molecule has 144 valence electrons. The van der Waals surface area contributed by atoms with Crippen molar-refractivity contribution < 1.29 is 36.0 Å². The van der Waals surface area contributed by atoms with Gasteiger partial charge in [0.25, 0.3) is 5.91 Å². The van der Waals surface area contributed by atoms with Gasteiger partial charge in [0.05, 0.1) is 0 Å².